The van der Waals surface area contributed by atoms with Crippen LogP contribution < -0.4 is 10.0 Å². The van der Waals surface area contributed by atoms with Crippen LogP contribution in [0.15, 0.2) is 76.1 Å². The number of nitrogens with one attached hydrogen (secondary N) is 2. The molecule has 0 spiro atoms. The molecule has 0 saturated carbocycles. The Labute approximate surface area is 142 Å². The molecule has 0 fully saturated rings. The Balaban J connectivity index is 1.48. The molecule has 0 aliphatic heterocycles. The van der Waals surface area contributed by atoms with Crippen molar-refractivity contribution in [2.45, 2.75) is 4.90 Å². The lowest BCUT2D eigenvalue weighted by Crippen LogP contribution is -2.22. The van der Waals surface area contributed by atoms with Crippen molar-refractivity contribution in [2.24, 2.45) is 0 Å². The summed E-state index contributed by atoms with van der Waals surface area (Å²) in [4.78, 5) is 13.1. The van der Waals surface area contributed by atoms with E-state index in [0.717, 1.165) is 21.1 Å². The first kappa shape index (κ1) is 14.6. The largest absolute Gasteiger partial charge is 0.354 e. The molecule has 6 heteroatoms. The van der Waals surface area contributed by atoms with E-state index >= 15 is 0 Å². The Morgan fingerprint density at radius 1 is 0.917 bits per heavy atom. The van der Waals surface area contributed by atoms with Crippen LogP contribution in [-0.4, -0.2) is 11.2 Å². The number of benzene rings is 3. The fourth-order valence-corrected chi connectivity index (χ4v) is 3.19. The highest BCUT2D eigenvalue weighted by molar-refractivity contribution is 7.98. The highest BCUT2D eigenvalue weighted by atomic mass is 32.2. The average Bonchev–Trinajstić information content (AvgIpc) is 3.03. The van der Waals surface area contributed by atoms with Gasteiger partial charge >= 0.3 is 6.03 Å². The van der Waals surface area contributed by atoms with Gasteiger partial charge in [0.05, 0.1) is 5.39 Å². The topological polar surface area (TPSA) is 67.2 Å². The maximum absolute atomic E-state index is 12.1. The Hall–Kier alpha value is -2.99. The van der Waals surface area contributed by atoms with Gasteiger partial charge in [0.1, 0.15) is 0 Å². The molecule has 24 heavy (non-hydrogen) atoms. The van der Waals surface area contributed by atoms with Crippen molar-refractivity contribution in [3.05, 3.63) is 66.7 Å². The van der Waals surface area contributed by atoms with Crippen LogP contribution in [0, 0.1) is 0 Å². The first-order valence-electron chi connectivity index (χ1n) is 7.37. The fourth-order valence-electron chi connectivity index (χ4n) is 2.50. The highest BCUT2D eigenvalue weighted by Crippen LogP contribution is 2.26. The van der Waals surface area contributed by atoms with E-state index in [4.69, 9.17) is 4.52 Å². The van der Waals surface area contributed by atoms with Crippen molar-refractivity contribution in [1.82, 2.24) is 9.88 Å². The van der Waals surface area contributed by atoms with Gasteiger partial charge in [-0.3, -0.25) is 10.0 Å². The maximum Gasteiger partial charge on any atom is 0.330 e. The molecule has 0 radical (unpaired) electrons. The number of hydrogen-bond acceptors (Lipinski definition) is 4. The summed E-state index contributed by atoms with van der Waals surface area (Å²) in [6.07, 6.45) is 0. The second-order valence-electron chi connectivity index (χ2n) is 5.16. The predicted octanol–water partition coefficient (Wildman–Crippen LogP) is 4.81. The molecule has 4 aromatic rings. The molecule has 3 aromatic carbocycles. The number of amides is 2. The molecule has 2 N–H and O–H groups in total. The summed E-state index contributed by atoms with van der Waals surface area (Å²) in [5, 5.41) is 9.58. The summed E-state index contributed by atoms with van der Waals surface area (Å²) in [5.74, 6) is 0.404. The minimum Gasteiger partial charge on any atom is -0.354 e. The Morgan fingerprint density at radius 2 is 1.67 bits per heavy atom. The van der Waals surface area contributed by atoms with Gasteiger partial charge in [-0.1, -0.05) is 53.7 Å². The van der Waals surface area contributed by atoms with Gasteiger partial charge in [-0.2, -0.15) is 0 Å². The third-order valence-corrected chi connectivity index (χ3v) is 4.48. The molecule has 0 aliphatic rings. The Bertz CT molecular complexity index is 1020. The normalized spacial score (nSPS) is 10.8. The number of aromatic nitrogens is 1. The maximum atomic E-state index is 12.1. The number of anilines is 1. The molecule has 0 unspecified atom stereocenters. The number of nitrogens with zero attached hydrogens (tertiary/aromatic N) is 1. The molecule has 1 aromatic heterocycles. The first-order valence-corrected chi connectivity index (χ1v) is 8.19. The van der Waals surface area contributed by atoms with Crippen molar-refractivity contribution < 1.29 is 9.32 Å². The summed E-state index contributed by atoms with van der Waals surface area (Å²) in [6, 6.07) is 21.0. The minimum absolute atomic E-state index is 0.355. The molecular weight excluding hydrogens is 322 g/mol. The third-order valence-electron chi connectivity index (χ3n) is 3.61. The zero-order chi connectivity index (χ0) is 16.4. The third kappa shape index (κ3) is 2.79. The van der Waals surface area contributed by atoms with E-state index in [0.29, 0.717) is 11.4 Å². The van der Waals surface area contributed by atoms with Gasteiger partial charge in [0, 0.05) is 4.90 Å². The number of urea groups is 1. The van der Waals surface area contributed by atoms with Crippen molar-refractivity contribution in [2.75, 3.05) is 5.32 Å². The standard InChI is InChI=1S/C18H13N3O2S/c22-18(19-17-14-9-3-4-10-15(14)23-20-17)21-24-16-11-5-7-12-6-1-2-8-13(12)16/h1-11H,(H2,19,20,21,22). The van der Waals surface area contributed by atoms with Crippen LogP contribution in [0.25, 0.3) is 21.7 Å². The lowest BCUT2D eigenvalue weighted by molar-refractivity contribution is 0.257. The van der Waals surface area contributed by atoms with Crippen LogP contribution in [0.2, 0.25) is 0 Å². The van der Waals surface area contributed by atoms with Crippen LogP contribution in [0.4, 0.5) is 10.6 Å². The van der Waals surface area contributed by atoms with Gasteiger partial charge in [0.25, 0.3) is 0 Å². The number of carbonyl (C=O) groups is 1. The molecule has 0 atom stereocenters. The minimum atomic E-state index is -0.355. The molecular formula is C18H13N3O2S. The van der Waals surface area contributed by atoms with Crippen LogP contribution in [-0.2, 0) is 0 Å². The van der Waals surface area contributed by atoms with E-state index in [-0.39, 0.29) is 6.03 Å². The molecule has 1 heterocycles. The molecule has 118 valence electrons. The van der Waals surface area contributed by atoms with E-state index in [1.165, 1.54) is 11.9 Å². The zero-order valence-electron chi connectivity index (χ0n) is 12.5. The number of para-hydroxylation sites is 1. The second-order valence-corrected chi connectivity index (χ2v) is 6.01. The van der Waals surface area contributed by atoms with Gasteiger partial charge in [0.15, 0.2) is 11.4 Å². The second kappa shape index (κ2) is 6.25. The lowest BCUT2D eigenvalue weighted by Gasteiger charge is -2.07. The molecule has 0 aliphatic carbocycles. The molecule has 2 amide bonds. The summed E-state index contributed by atoms with van der Waals surface area (Å²) < 4.78 is 7.95. The van der Waals surface area contributed by atoms with Crippen molar-refractivity contribution in [3.63, 3.8) is 0 Å². The Morgan fingerprint density at radius 3 is 2.58 bits per heavy atom. The first-order chi connectivity index (χ1) is 11.8. The summed E-state index contributed by atoms with van der Waals surface area (Å²) in [7, 11) is 0. The average molecular weight is 335 g/mol. The number of carbonyl (C=O) groups excluding carboxylic acids is 1. The van der Waals surface area contributed by atoms with Gasteiger partial charge in [-0.05, 0) is 40.9 Å². The van der Waals surface area contributed by atoms with E-state index in [2.05, 4.69) is 15.2 Å². The molecule has 0 bridgehead atoms. The SMILES string of the molecule is O=C(NSc1cccc2ccccc12)Nc1noc2ccccc12. The zero-order valence-corrected chi connectivity index (χ0v) is 13.3. The smallest absolute Gasteiger partial charge is 0.330 e. The fraction of sp³-hybridized carbons (Fsp3) is 0. The van der Waals surface area contributed by atoms with E-state index in [1.807, 2.05) is 60.7 Å². The number of fused-ring (bicyclic) bond motifs is 2. The molecule has 0 saturated heterocycles. The van der Waals surface area contributed by atoms with Crippen molar-refractivity contribution in [1.29, 1.82) is 0 Å². The monoisotopic (exact) mass is 335 g/mol. The van der Waals surface area contributed by atoms with Crippen LogP contribution in [0.1, 0.15) is 0 Å². The summed E-state index contributed by atoms with van der Waals surface area (Å²) in [6.45, 7) is 0. The highest BCUT2D eigenvalue weighted by Gasteiger charge is 2.11. The predicted molar refractivity (Wildman–Crippen MR) is 96.0 cm³/mol. The van der Waals surface area contributed by atoms with Crippen LogP contribution in [0.3, 0.4) is 0 Å². The molecule has 5 nitrogen and oxygen atoms in total. The van der Waals surface area contributed by atoms with Crippen molar-refractivity contribution in [3.8, 4) is 0 Å². The van der Waals surface area contributed by atoms with Gasteiger partial charge in [-0.15, -0.1) is 0 Å². The number of rotatable bonds is 3. The molecule has 4 rings (SSSR count). The van der Waals surface area contributed by atoms with Crippen molar-refractivity contribution >= 4 is 45.5 Å². The number of hydrogen-bond donors (Lipinski definition) is 2. The quantitative estimate of drug-likeness (QED) is 0.527. The Kier molecular flexibility index (Phi) is 3.80. The summed E-state index contributed by atoms with van der Waals surface area (Å²) in [5.41, 5.74) is 0.634. The van der Waals surface area contributed by atoms with E-state index < -0.39 is 0 Å². The van der Waals surface area contributed by atoms with Crippen LogP contribution in [0.5, 0.6) is 0 Å². The van der Waals surface area contributed by atoms with Crippen LogP contribution >= 0.6 is 11.9 Å². The van der Waals surface area contributed by atoms with Gasteiger partial charge < -0.3 is 4.52 Å². The van der Waals surface area contributed by atoms with E-state index in [1.54, 1.807) is 6.07 Å². The van der Waals surface area contributed by atoms with Gasteiger partial charge in [-0.25, -0.2) is 4.79 Å². The van der Waals surface area contributed by atoms with Gasteiger partial charge in [0.2, 0.25) is 0 Å². The van der Waals surface area contributed by atoms with E-state index in [9.17, 15) is 4.79 Å². The summed E-state index contributed by atoms with van der Waals surface area (Å²) >= 11 is 1.26. The lowest BCUT2D eigenvalue weighted by atomic mass is 10.1.